The van der Waals surface area contributed by atoms with E-state index in [0.717, 1.165) is 23.6 Å². The predicted octanol–water partition coefficient (Wildman–Crippen LogP) is 3.11. The Labute approximate surface area is 152 Å². The maximum Gasteiger partial charge on any atom is 0.244 e. The largest absolute Gasteiger partial charge is 0.370 e. The van der Waals surface area contributed by atoms with Crippen molar-refractivity contribution in [3.05, 3.63) is 52.7 Å². The second kappa shape index (κ2) is 9.64. The second-order valence-electron chi connectivity index (χ2n) is 5.32. The normalized spacial score (nSPS) is 10.7. The number of anilines is 2. The van der Waals surface area contributed by atoms with Crippen LogP contribution in [0.3, 0.4) is 0 Å². The van der Waals surface area contributed by atoms with Gasteiger partial charge in [0.2, 0.25) is 11.9 Å². The van der Waals surface area contributed by atoms with E-state index < -0.39 is 0 Å². The van der Waals surface area contributed by atoms with Crippen LogP contribution in [0.25, 0.3) is 6.08 Å². The maximum absolute atomic E-state index is 11.8. The summed E-state index contributed by atoms with van der Waals surface area (Å²) in [5, 5.41) is 9.66. The Morgan fingerprint density at radius 2 is 2.00 bits per heavy atom. The highest BCUT2D eigenvalue weighted by atomic mass is 35.5. The van der Waals surface area contributed by atoms with Crippen molar-refractivity contribution in [1.29, 1.82) is 0 Å². The van der Waals surface area contributed by atoms with Crippen LogP contribution in [-0.2, 0) is 4.79 Å². The highest BCUT2D eigenvalue weighted by molar-refractivity contribution is 6.32. The van der Waals surface area contributed by atoms with E-state index in [2.05, 4.69) is 25.9 Å². The summed E-state index contributed by atoms with van der Waals surface area (Å²) in [6.07, 6.45) is 3.16. The Balaban J connectivity index is 1.77. The molecule has 0 aliphatic rings. The molecular weight excluding hydrogens is 338 g/mol. The molecule has 1 amide bonds. The molecule has 3 N–H and O–H groups in total. The molecule has 2 aromatic rings. The molecule has 0 bridgehead atoms. The first-order valence-electron chi connectivity index (χ1n) is 8.12. The van der Waals surface area contributed by atoms with Crippen LogP contribution in [0.5, 0.6) is 0 Å². The van der Waals surface area contributed by atoms with E-state index in [9.17, 15) is 4.79 Å². The van der Waals surface area contributed by atoms with Crippen molar-refractivity contribution >= 4 is 35.4 Å². The average molecular weight is 360 g/mol. The zero-order chi connectivity index (χ0) is 18.1. The summed E-state index contributed by atoms with van der Waals surface area (Å²) in [5.41, 5.74) is 1.68. The number of amides is 1. The lowest BCUT2D eigenvalue weighted by atomic mass is 10.2. The molecule has 25 heavy (non-hydrogen) atoms. The Morgan fingerprint density at radius 1 is 1.20 bits per heavy atom. The van der Waals surface area contributed by atoms with E-state index in [1.165, 1.54) is 6.08 Å². The number of halogens is 1. The lowest BCUT2D eigenvalue weighted by molar-refractivity contribution is -0.116. The predicted molar refractivity (Wildman–Crippen MR) is 103 cm³/mol. The molecule has 0 saturated carbocycles. The summed E-state index contributed by atoms with van der Waals surface area (Å²) in [6.45, 7) is 5.70. The summed E-state index contributed by atoms with van der Waals surface area (Å²) >= 11 is 6.04. The maximum atomic E-state index is 11.8. The summed E-state index contributed by atoms with van der Waals surface area (Å²) in [4.78, 5) is 20.5. The minimum Gasteiger partial charge on any atom is -0.370 e. The van der Waals surface area contributed by atoms with Gasteiger partial charge in [0.25, 0.3) is 0 Å². The third kappa shape index (κ3) is 6.43. The second-order valence-corrected chi connectivity index (χ2v) is 5.73. The fourth-order valence-electron chi connectivity index (χ4n) is 2.11. The van der Waals surface area contributed by atoms with E-state index in [0.29, 0.717) is 24.1 Å². The van der Waals surface area contributed by atoms with Crippen molar-refractivity contribution in [2.24, 2.45) is 0 Å². The van der Waals surface area contributed by atoms with Gasteiger partial charge in [0.05, 0.1) is 0 Å². The zero-order valence-electron chi connectivity index (χ0n) is 14.3. The minimum absolute atomic E-state index is 0.180. The first kappa shape index (κ1) is 18.7. The van der Waals surface area contributed by atoms with Crippen LogP contribution in [0.1, 0.15) is 18.2 Å². The third-order valence-corrected chi connectivity index (χ3v) is 3.58. The van der Waals surface area contributed by atoms with Gasteiger partial charge in [-0.25, -0.2) is 4.98 Å². The van der Waals surface area contributed by atoms with E-state index in [1.54, 1.807) is 12.1 Å². The van der Waals surface area contributed by atoms with Gasteiger partial charge in [0.15, 0.2) is 0 Å². The summed E-state index contributed by atoms with van der Waals surface area (Å²) in [7, 11) is 0. The molecule has 0 saturated heterocycles. The Morgan fingerprint density at radius 3 is 2.76 bits per heavy atom. The number of aromatic nitrogens is 2. The highest BCUT2D eigenvalue weighted by Crippen LogP contribution is 2.16. The molecule has 0 atom stereocenters. The first-order valence-corrected chi connectivity index (χ1v) is 8.50. The molecule has 0 aliphatic carbocycles. The van der Waals surface area contributed by atoms with Crippen molar-refractivity contribution in [2.75, 3.05) is 30.3 Å². The van der Waals surface area contributed by atoms with Gasteiger partial charge >= 0.3 is 0 Å². The van der Waals surface area contributed by atoms with Gasteiger partial charge in [-0.3, -0.25) is 4.79 Å². The number of hydrogen-bond donors (Lipinski definition) is 3. The van der Waals surface area contributed by atoms with Crippen LogP contribution in [-0.4, -0.2) is 35.5 Å². The molecule has 0 unspecified atom stereocenters. The van der Waals surface area contributed by atoms with Crippen LogP contribution in [0.15, 0.2) is 36.4 Å². The molecule has 1 heterocycles. The first-order chi connectivity index (χ1) is 12.1. The summed E-state index contributed by atoms with van der Waals surface area (Å²) < 4.78 is 0. The Hall–Kier alpha value is -2.60. The standard InChI is InChI=1S/C18H22ClN5O/c1-3-20-16-12-13(2)23-18(24-16)22-11-10-21-17(25)9-8-14-6-4-5-7-15(14)19/h4-9,12H,3,10-11H2,1-2H3,(H,21,25)(H2,20,22,23,24)/b9-8+. The number of nitrogens with one attached hydrogen (secondary N) is 3. The molecular formula is C18H22ClN5O. The fraction of sp³-hybridized carbons (Fsp3) is 0.278. The van der Waals surface area contributed by atoms with Gasteiger partial charge in [0, 0.05) is 42.5 Å². The van der Waals surface area contributed by atoms with Gasteiger partial charge in [0.1, 0.15) is 5.82 Å². The lowest BCUT2D eigenvalue weighted by Gasteiger charge is -2.09. The fourth-order valence-corrected chi connectivity index (χ4v) is 2.31. The van der Waals surface area contributed by atoms with Crippen LogP contribution < -0.4 is 16.0 Å². The van der Waals surface area contributed by atoms with E-state index in [-0.39, 0.29) is 5.91 Å². The van der Waals surface area contributed by atoms with E-state index in [1.807, 2.05) is 38.1 Å². The zero-order valence-corrected chi connectivity index (χ0v) is 15.1. The lowest BCUT2D eigenvalue weighted by Crippen LogP contribution is -2.27. The molecule has 0 aliphatic heterocycles. The number of nitrogens with zero attached hydrogens (tertiary/aromatic N) is 2. The molecule has 2 rings (SSSR count). The van der Waals surface area contributed by atoms with Gasteiger partial charge in [-0.1, -0.05) is 29.8 Å². The molecule has 132 valence electrons. The Bertz CT molecular complexity index is 748. The molecule has 0 spiro atoms. The molecule has 1 aromatic heterocycles. The Kier molecular flexibility index (Phi) is 7.22. The average Bonchev–Trinajstić information content (AvgIpc) is 2.58. The summed E-state index contributed by atoms with van der Waals surface area (Å²) in [6, 6.07) is 9.24. The summed E-state index contributed by atoms with van der Waals surface area (Å²) in [5.74, 6) is 1.14. The number of hydrogen-bond acceptors (Lipinski definition) is 5. The highest BCUT2D eigenvalue weighted by Gasteiger charge is 2.02. The van der Waals surface area contributed by atoms with Crippen LogP contribution in [0, 0.1) is 6.92 Å². The smallest absolute Gasteiger partial charge is 0.244 e. The van der Waals surface area contributed by atoms with E-state index >= 15 is 0 Å². The van der Waals surface area contributed by atoms with Crippen LogP contribution in [0.4, 0.5) is 11.8 Å². The molecule has 6 nitrogen and oxygen atoms in total. The number of aryl methyl sites for hydroxylation is 1. The van der Waals surface area contributed by atoms with Crippen molar-refractivity contribution in [2.45, 2.75) is 13.8 Å². The molecule has 0 radical (unpaired) electrons. The SMILES string of the molecule is CCNc1cc(C)nc(NCCNC(=O)/C=C/c2ccccc2Cl)n1. The van der Waals surface area contributed by atoms with Gasteiger partial charge < -0.3 is 16.0 Å². The van der Waals surface area contributed by atoms with Crippen LogP contribution in [0.2, 0.25) is 5.02 Å². The topological polar surface area (TPSA) is 78.9 Å². The van der Waals surface area contributed by atoms with Crippen molar-refractivity contribution in [3.8, 4) is 0 Å². The minimum atomic E-state index is -0.180. The number of carbonyl (C=O) groups excluding carboxylic acids is 1. The molecule has 1 aromatic carbocycles. The van der Waals surface area contributed by atoms with Crippen molar-refractivity contribution < 1.29 is 4.79 Å². The van der Waals surface area contributed by atoms with E-state index in [4.69, 9.17) is 11.6 Å². The molecule has 0 fully saturated rings. The van der Waals surface area contributed by atoms with Gasteiger partial charge in [-0.05, 0) is 31.6 Å². The van der Waals surface area contributed by atoms with Gasteiger partial charge in [-0.15, -0.1) is 0 Å². The van der Waals surface area contributed by atoms with Crippen LogP contribution >= 0.6 is 11.6 Å². The molecule has 7 heteroatoms. The number of carbonyl (C=O) groups is 1. The number of rotatable bonds is 8. The number of benzene rings is 1. The third-order valence-electron chi connectivity index (χ3n) is 3.24. The quantitative estimate of drug-likeness (QED) is 0.498. The van der Waals surface area contributed by atoms with Crippen molar-refractivity contribution in [1.82, 2.24) is 15.3 Å². The van der Waals surface area contributed by atoms with Gasteiger partial charge in [-0.2, -0.15) is 4.98 Å². The van der Waals surface area contributed by atoms with Crippen molar-refractivity contribution in [3.63, 3.8) is 0 Å². The monoisotopic (exact) mass is 359 g/mol.